The summed E-state index contributed by atoms with van der Waals surface area (Å²) in [6.07, 6.45) is 1.37. The van der Waals surface area contributed by atoms with Crippen LogP contribution in [0.2, 0.25) is 0 Å². The van der Waals surface area contributed by atoms with E-state index in [1.807, 2.05) is 6.92 Å². The molecule has 0 spiro atoms. The summed E-state index contributed by atoms with van der Waals surface area (Å²) in [5.74, 6) is 0.755. The Bertz CT molecular complexity index is 258. The third-order valence-electron chi connectivity index (χ3n) is 3.15. The lowest BCUT2D eigenvalue weighted by molar-refractivity contribution is 0.201. The molecule has 3 nitrogen and oxygen atoms in total. The molecule has 0 aliphatic heterocycles. The van der Waals surface area contributed by atoms with Gasteiger partial charge >= 0.3 is 0 Å². The lowest BCUT2D eigenvalue weighted by Gasteiger charge is -2.09. The second kappa shape index (κ2) is 3.96. The molecule has 1 fully saturated rings. The summed E-state index contributed by atoms with van der Waals surface area (Å²) < 4.78 is 23.1. The summed E-state index contributed by atoms with van der Waals surface area (Å²) >= 11 is 0. The van der Waals surface area contributed by atoms with Crippen molar-refractivity contribution in [3.8, 4) is 0 Å². The minimum Gasteiger partial charge on any atom is -0.396 e. The van der Waals surface area contributed by atoms with Crippen LogP contribution in [0, 0.1) is 11.8 Å². The van der Waals surface area contributed by atoms with E-state index in [9.17, 15) is 8.42 Å². The van der Waals surface area contributed by atoms with Gasteiger partial charge in [-0.15, -0.1) is 0 Å². The molecule has 78 valence electrons. The van der Waals surface area contributed by atoms with Crippen LogP contribution < -0.4 is 0 Å². The van der Waals surface area contributed by atoms with E-state index in [2.05, 4.69) is 0 Å². The molecule has 3 atom stereocenters. The summed E-state index contributed by atoms with van der Waals surface area (Å²) in [6, 6.07) is 0. The summed E-state index contributed by atoms with van der Waals surface area (Å²) in [7, 11) is -2.88. The molecular weight excluding hydrogens is 188 g/mol. The number of rotatable bonds is 3. The van der Waals surface area contributed by atoms with Crippen molar-refractivity contribution in [3.05, 3.63) is 0 Å². The first-order chi connectivity index (χ1) is 6.01. The van der Waals surface area contributed by atoms with Gasteiger partial charge in [0.25, 0.3) is 0 Å². The van der Waals surface area contributed by atoms with Crippen LogP contribution >= 0.6 is 0 Å². The predicted molar refractivity (Wildman–Crippen MR) is 52.2 cm³/mol. The topological polar surface area (TPSA) is 54.4 Å². The van der Waals surface area contributed by atoms with Gasteiger partial charge in [-0.1, -0.05) is 13.8 Å². The Balaban J connectivity index is 2.68. The quantitative estimate of drug-likeness (QED) is 0.744. The number of aliphatic hydroxyl groups excluding tert-OH is 1. The maximum atomic E-state index is 11.5. The Kier molecular flexibility index (Phi) is 3.35. The fourth-order valence-corrected chi connectivity index (χ4v) is 3.67. The first kappa shape index (κ1) is 11.0. The second-order valence-corrected chi connectivity index (χ2v) is 6.53. The number of hydrogen-bond acceptors (Lipinski definition) is 3. The Morgan fingerprint density at radius 1 is 1.38 bits per heavy atom. The molecule has 0 bridgehead atoms. The van der Waals surface area contributed by atoms with Gasteiger partial charge in [0, 0.05) is 12.4 Å². The second-order valence-electron chi connectivity index (χ2n) is 3.96. The van der Waals surface area contributed by atoms with Gasteiger partial charge < -0.3 is 5.11 Å². The van der Waals surface area contributed by atoms with E-state index in [0.717, 1.165) is 6.42 Å². The molecule has 0 heterocycles. The SMILES string of the molecule is CCS(=O)(=O)[C@H]1C[C@H](CO)[C@@H](C)C1. The monoisotopic (exact) mass is 206 g/mol. The van der Waals surface area contributed by atoms with Crippen molar-refractivity contribution >= 4 is 9.84 Å². The Hall–Kier alpha value is -0.0900. The van der Waals surface area contributed by atoms with Gasteiger partial charge in [-0.05, 0) is 24.7 Å². The van der Waals surface area contributed by atoms with Crippen LogP contribution in [0.3, 0.4) is 0 Å². The van der Waals surface area contributed by atoms with Gasteiger partial charge in [-0.3, -0.25) is 0 Å². The molecule has 0 radical (unpaired) electrons. The molecule has 1 rings (SSSR count). The van der Waals surface area contributed by atoms with Crippen molar-refractivity contribution in [3.63, 3.8) is 0 Å². The molecule has 0 aromatic carbocycles. The molecule has 0 saturated heterocycles. The van der Waals surface area contributed by atoms with Crippen LogP contribution in [-0.4, -0.2) is 31.1 Å². The van der Waals surface area contributed by atoms with Gasteiger partial charge in [-0.2, -0.15) is 0 Å². The molecule has 1 saturated carbocycles. The van der Waals surface area contributed by atoms with Crippen LogP contribution in [0.1, 0.15) is 26.7 Å². The van der Waals surface area contributed by atoms with Gasteiger partial charge in [0.1, 0.15) is 0 Å². The van der Waals surface area contributed by atoms with Gasteiger partial charge in [0.05, 0.1) is 5.25 Å². The molecule has 0 amide bonds. The van der Waals surface area contributed by atoms with E-state index in [1.165, 1.54) is 0 Å². The Morgan fingerprint density at radius 2 is 2.00 bits per heavy atom. The van der Waals surface area contributed by atoms with E-state index in [0.29, 0.717) is 12.3 Å². The van der Waals surface area contributed by atoms with Crippen molar-refractivity contribution in [2.75, 3.05) is 12.4 Å². The lowest BCUT2D eigenvalue weighted by Crippen LogP contribution is -2.20. The van der Waals surface area contributed by atoms with Crippen molar-refractivity contribution < 1.29 is 13.5 Å². The molecule has 13 heavy (non-hydrogen) atoms. The molecule has 0 aromatic heterocycles. The predicted octanol–water partition coefficient (Wildman–Crippen LogP) is 0.828. The van der Waals surface area contributed by atoms with E-state index in [1.54, 1.807) is 6.92 Å². The van der Waals surface area contributed by atoms with Crippen LogP contribution in [0.5, 0.6) is 0 Å². The highest BCUT2D eigenvalue weighted by atomic mass is 32.2. The molecule has 1 aliphatic carbocycles. The van der Waals surface area contributed by atoms with E-state index >= 15 is 0 Å². The first-order valence-corrected chi connectivity index (χ1v) is 6.55. The summed E-state index contributed by atoms with van der Waals surface area (Å²) in [4.78, 5) is 0. The fourth-order valence-electron chi connectivity index (χ4n) is 2.06. The lowest BCUT2D eigenvalue weighted by atomic mass is 10.00. The van der Waals surface area contributed by atoms with E-state index < -0.39 is 9.84 Å². The third-order valence-corrected chi connectivity index (χ3v) is 5.36. The highest BCUT2D eigenvalue weighted by molar-refractivity contribution is 7.92. The largest absolute Gasteiger partial charge is 0.396 e. The van der Waals surface area contributed by atoms with Crippen LogP contribution in [0.25, 0.3) is 0 Å². The molecular formula is C9H18O3S. The standard InChI is InChI=1S/C9H18O3S/c1-3-13(11,12)9-4-7(2)8(5-9)6-10/h7-10H,3-6H2,1-2H3/t7-,8+,9+/m0/s1. The normalized spacial score (nSPS) is 35.2. The summed E-state index contributed by atoms with van der Waals surface area (Å²) in [6.45, 7) is 3.83. The van der Waals surface area contributed by atoms with E-state index in [4.69, 9.17) is 5.11 Å². The smallest absolute Gasteiger partial charge is 0.152 e. The molecule has 0 aromatic rings. The number of aliphatic hydroxyl groups is 1. The number of sulfone groups is 1. The summed E-state index contributed by atoms with van der Waals surface area (Å²) in [5, 5.41) is 8.79. The van der Waals surface area contributed by atoms with E-state index in [-0.39, 0.29) is 23.5 Å². The average Bonchev–Trinajstić information content (AvgIpc) is 2.47. The number of hydrogen-bond donors (Lipinski definition) is 1. The molecule has 1 aliphatic rings. The maximum absolute atomic E-state index is 11.5. The van der Waals surface area contributed by atoms with Gasteiger partial charge in [-0.25, -0.2) is 8.42 Å². The average molecular weight is 206 g/mol. The fraction of sp³-hybridized carbons (Fsp3) is 1.00. The zero-order valence-corrected chi connectivity index (χ0v) is 9.05. The zero-order valence-electron chi connectivity index (χ0n) is 8.23. The van der Waals surface area contributed by atoms with Crippen LogP contribution in [-0.2, 0) is 9.84 Å². The highest BCUT2D eigenvalue weighted by Gasteiger charge is 2.37. The van der Waals surface area contributed by atoms with Crippen molar-refractivity contribution in [1.82, 2.24) is 0 Å². The molecule has 4 heteroatoms. The maximum Gasteiger partial charge on any atom is 0.152 e. The van der Waals surface area contributed by atoms with Crippen LogP contribution in [0.15, 0.2) is 0 Å². The Labute approximate surface area is 80.1 Å². The van der Waals surface area contributed by atoms with Crippen molar-refractivity contribution in [2.24, 2.45) is 11.8 Å². The Morgan fingerprint density at radius 3 is 2.38 bits per heavy atom. The summed E-state index contributed by atoms with van der Waals surface area (Å²) in [5.41, 5.74) is 0. The minimum absolute atomic E-state index is 0.122. The van der Waals surface area contributed by atoms with Gasteiger partial charge in [0.15, 0.2) is 9.84 Å². The molecule has 1 N–H and O–H groups in total. The first-order valence-electron chi connectivity index (χ1n) is 4.83. The van der Waals surface area contributed by atoms with Crippen LogP contribution in [0.4, 0.5) is 0 Å². The third kappa shape index (κ3) is 2.23. The van der Waals surface area contributed by atoms with Gasteiger partial charge in [0.2, 0.25) is 0 Å². The van der Waals surface area contributed by atoms with Crippen molar-refractivity contribution in [2.45, 2.75) is 31.9 Å². The zero-order chi connectivity index (χ0) is 10.1. The molecule has 0 unspecified atom stereocenters. The highest BCUT2D eigenvalue weighted by Crippen LogP contribution is 2.35. The minimum atomic E-state index is -2.88. The van der Waals surface area contributed by atoms with Crippen molar-refractivity contribution in [1.29, 1.82) is 0 Å².